The first-order valence-corrected chi connectivity index (χ1v) is 12.7. The topological polar surface area (TPSA) is 71.4 Å². The highest BCUT2D eigenvalue weighted by Crippen LogP contribution is 2.38. The number of rotatable bonds is 9. The molecular weight excluding hydrogens is 547 g/mol. The molecule has 0 saturated heterocycles. The van der Waals surface area contributed by atoms with Gasteiger partial charge in [-0.05, 0) is 36.4 Å². The second-order valence-corrected chi connectivity index (χ2v) is 9.43. The van der Waals surface area contributed by atoms with Crippen molar-refractivity contribution in [3.05, 3.63) is 100 Å². The van der Waals surface area contributed by atoms with Gasteiger partial charge >= 0.3 is 6.18 Å². The molecule has 4 rings (SSSR count). The second-order valence-electron chi connectivity index (χ2n) is 9.02. The molecule has 0 unspecified atom stereocenters. The average molecular weight is 574 g/mol. The molecule has 3 aromatic rings. The van der Waals surface area contributed by atoms with Gasteiger partial charge in [0, 0.05) is 41.8 Å². The van der Waals surface area contributed by atoms with Crippen LogP contribution in [0, 0.1) is 0 Å². The van der Waals surface area contributed by atoms with E-state index < -0.39 is 29.6 Å². The minimum absolute atomic E-state index is 0.0138. The third-order valence-corrected chi connectivity index (χ3v) is 6.82. The number of hydrazone groups is 1. The van der Waals surface area contributed by atoms with Crippen molar-refractivity contribution < 1.29 is 32.2 Å². The molecule has 0 spiro atoms. The van der Waals surface area contributed by atoms with E-state index in [1.54, 1.807) is 18.2 Å². The molecule has 7 nitrogen and oxygen atoms in total. The molecule has 210 valence electrons. The van der Waals surface area contributed by atoms with E-state index in [1.807, 2.05) is 30.3 Å². The lowest BCUT2D eigenvalue weighted by atomic mass is 9.97. The fourth-order valence-electron chi connectivity index (χ4n) is 4.46. The van der Waals surface area contributed by atoms with Crippen LogP contribution in [-0.2, 0) is 15.7 Å². The summed E-state index contributed by atoms with van der Waals surface area (Å²) in [7, 11) is 2.98. The molecule has 2 amide bonds. The summed E-state index contributed by atoms with van der Waals surface area (Å²) in [5.74, 6) is -0.533. The van der Waals surface area contributed by atoms with Crippen molar-refractivity contribution in [2.75, 3.05) is 33.9 Å². The molecule has 0 aromatic heterocycles. The first-order chi connectivity index (χ1) is 19.1. The summed E-state index contributed by atoms with van der Waals surface area (Å²) in [5.41, 5.74) is 1.13. The Hall–Kier alpha value is -3.89. The highest BCUT2D eigenvalue weighted by Gasteiger charge is 2.36. The molecule has 1 aliphatic heterocycles. The number of carbonyl (C=O) groups excluding carboxylic acids is 2. The molecule has 0 aliphatic carbocycles. The molecule has 0 bridgehead atoms. The predicted octanol–water partition coefficient (Wildman–Crippen LogP) is 5.83. The van der Waals surface area contributed by atoms with E-state index in [2.05, 4.69) is 5.10 Å². The molecule has 3 aromatic carbocycles. The minimum atomic E-state index is -4.53. The van der Waals surface area contributed by atoms with Crippen LogP contribution in [0.15, 0.2) is 77.9 Å². The molecule has 1 atom stereocenters. The van der Waals surface area contributed by atoms with Crippen LogP contribution < -0.4 is 4.74 Å². The van der Waals surface area contributed by atoms with Crippen LogP contribution in [-0.4, -0.2) is 61.4 Å². The zero-order chi connectivity index (χ0) is 28.9. The second kappa shape index (κ2) is 12.5. The van der Waals surface area contributed by atoms with Gasteiger partial charge in [0.1, 0.15) is 12.3 Å². The Labute approximate surface area is 234 Å². The van der Waals surface area contributed by atoms with Crippen LogP contribution in [0.1, 0.15) is 39.5 Å². The number of methoxy groups -OCH3 is 2. The van der Waals surface area contributed by atoms with Gasteiger partial charge in [0.2, 0.25) is 0 Å². The summed E-state index contributed by atoms with van der Waals surface area (Å²) >= 11 is 6.43. The number of amides is 2. The molecule has 1 heterocycles. The Bertz CT molecular complexity index is 1400. The predicted molar refractivity (Wildman–Crippen MR) is 144 cm³/mol. The van der Waals surface area contributed by atoms with Crippen LogP contribution >= 0.6 is 11.6 Å². The molecule has 1 aliphatic rings. The third kappa shape index (κ3) is 6.46. The summed E-state index contributed by atoms with van der Waals surface area (Å²) < 4.78 is 49.7. The molecule has 0 radical (unpaired) electrons. The van der Waals surface area contributed by atoms with Gasteiger partial charge in [-0.25, -0.2) is 5.01 Å². The van der Waals surface area contributed by atoms with Crippen molar-refractivity contribution in [1.82, 2.24) is 9.91 Å². The first-order valence-electron chi connectivity index (χ1n) is 12.4. The number of nitrogens with zero attached hydrogens (tertiary/aromatic N) is 3. The van der Waals surface area contributed by atoms with E-state index in [1.165, 1.54) is 24.1 Å². The van der Waals surface area contributed by atoms with Crippen LogP contribution in [0.4, 0.5) is 13.2 Å². The van der Waals surface area contributed by atoms with Gasteiger partial charge in [-0.15, -0.1) is 0 Å². The van der Waals surface area contributed by atoms with Gasteiger partial charge in [-0.1, -0.05) is 48.0 Å². The fourth-order valence-corrected chi connectivity index (χ4v) is 4.70. The molecule has 0 saturated carbocycles. The first kappa shape index (κ1) is 29.1. The van der Waals surface area contributed by atoms with Gasteiger partial charge in [-0.2, -0.15) is 18.3 Å². The van der Waals surface area contributed by atoms with Crippen LogP contribution in [0.2, 0.25) is 5.02 Å². The average Bonchev–Trinajstić information content (AvgIpc) is 3.40. The summed E-state index contributed by atoms with van der Waals surface area (Å²) in [6.07, 6.45) is -4.19. The zero-order valence-corrected chi connectivity index (χ0v) is 22.6. The van der Waals surface area contributed by atoms with Crippen LogP contribution in [0.5, 0.6) is 5.75 Å². The molecule has 0 fully saturated rings. The minimum Gasteiger partial charge on any atom is -0.496 e. The maximum Gasteiger partial charge on any atom is 0.416 e. The third-order valence-electron chi connectivity index (χ3n) is 6.49. The van der Waals surface area contributed by atoms with Crippen molar-refractivity contribution >= 4 is 29.1 Å². The molecule has 40 heavy (non-hydrogen) atoms. The van der Waals surface area contributed by atoms with E-state index in [0.29, 0.717) is 28.5 Å². The standard InChI is InChI=1S/C29H27ClF3N3O4/c1-39-16-15-35(28(38)19-11-13-20(14-12-19)29(31,32)33)18-27(37)36-25(22-8-4-6-10-26(22)40-2)17-24(34-36)21-7-3-5-9-23(21)30/h3-14,25H,15-18H2,1-2H3/t25-/m1/s1. The monoisotopic (exact) mass is 573 g/mol. The van der Waals surface area contributed by atoms with Gasteiger partial charge in [0.05, 0.1) is 31.0 Å². The number of alkyl halides is 3. The lowest BCUT2D eigenvalue weighted by molar-refractivity contribution is -0.137. The number of hydrogen-bond donors (Lipinski definition) is 0. The van der Waals surface area contributed by atoms with Crippen molar-refractivity contribution in [3.8, 4) is 5.75 Å². The normalized spacial score (nSPS) is 15.1. The summed E-state index contributed by atoms with van der Waals surface area (Å²) in [6, 6.07) is 17.7. The lowest BCUT2D eigenvalue weighted by Crippen LogP contribution is -2.42. The Morgan fingerprint density at radius 2 is 1.70 bits per heavy atom. The van der Waals surface area contributed by atoms with E-state index in [0.717, 1.165) is 29.8 Å². The Morgan fingerprint density at radius 3 is 2.35 bits per heavy atom. The number of halogens is 4. The summed E-state index contributed by atoms with van der Waals surface area (Å²) in [6.45, 7) is -0.228. The van der Waals surface area contributed by atoms with Gasteiger partial charge in [0.25, 0.3) is 11.8 Å². The largest absolute Gasteiger partial charge is 0.496 e. The number of hydrogen-bond acceptors (Lipinski definition) is 5. The number of carbonyl (C=O) groups is 2. The summed E-state index contributed by atoms with van der Waals surface area (Å²) in [4.78, 5) is 28.3. The Morgan fingerprint density at radius 1 is 1.02 bits per heavy atom. The maximum atomic E-state index is 13.7. The van der Waals surface area contributed by atoms with Crippen LogP contribution in [0.3, 0.4) is 0 Å². The van der Waals surface area contributed by atoms with Crippen molar-refractivity contribution in [2.45, 2.75) is 18.6 Å². The summed E-state index contributed by atoms with van der Waals surface area (Å²) in [5, 5.41) is 6.42. The fraction of sp³-hybridized carbons (Fsp3) is 0.276. The maximum absolute atomic E-state index is 13.7. The van der Waals surface area contributed by atoms with Gasteiger partial charge in [0.15, 0.2) is 0 Å². The van der Waals surface area contributed by atoms with E-state index in [-0.39, 0.29) is 25.3 Å². The zero-order valence-electron chi connectivity index (χ0n) is 21.8. The van der Waals surface area contributed by atoms with Crippen molar-refractivity contribution in [1.29, 1.82) is 0 Å². The highest BCUT2D eigenvalue weighted by molar-refractivity contribution is 6.34. The molecular formula is C29H27ClF3N3O4. The highest BCUT2D eigenvalue weighted by atomic mass is 35.5. The number of ether oxygens (including phenoxy) is 2. The van der Waals surface area contributed by atoms with Gasteiger partial charge in [-0.3, -0.25) is 9.59 Å². The van der Waals surface area contributed by atoms with E-state index in [4.69, 9.17) is 21.1 Å². The number of benzene rings is 3. The Balaban J connectivity index is 1.65. The molecule has 0 N–H and O–H groups in total. The number of para-hydroxylation sites is 1. The van der Waals surface area contributed by atoms with Crippen molar-refractivity contribution in [3.63, 3.8) is 0 Å². The van der Waals surface area contributed by atoms with E-state index >= 15 is 0 Å². The van der Waals surface area contributed by atoms with Crippen LogP contribution in [0.25, 0.3) is 0 Å². The van der Waals surface area contributed by atoms with Gasteiger partial charge < -0.3 is 14.4 Å². The lowest BCUT2D eigenvalue weighted by Gasteiger charge is -2.27. The quantitative estimate of drug-likeness (QED) is 0.323. The van der Waals surface area contributed by atoms with Crippen molar-refractivity contribution in [2.24, 2.45) is 5.10 Å². The van der Waals surface area contributed by atoms with E-state index in [9.17, 15) is 22.8 Å². The molecule has 11 heteroatoms. The SMILES string of the molecule is COCCN(CC(=O)N1N=C(c2ccccc2Cl)C[C@@H]1c1ccccc1OC)C(=O)c1ccc(C(F)(F)F)cc1. The Kier molecular flexibility index (Phi) is 9.11. The smallest absolute Gasteiger partial charge is 0.416 e.